The quantitative estimate of drug-likeness (QED) is 0.333. The second kappa shape index (κ2) is 11.6. The van der Waals surface area contributed by atoms with Gasteiger partial charge in [0.25, 0.3) is 0 Å². The molecule has 8 nitrogen and oxygen atoms in total. The van der Waals surface area contributed by atoms with Gasteiger partial charge in [0.2, 0.25) is 5.91 Å². The fourth-order valence-corrected chi connectivity index (χ4v) is 2.90. The predicted octanol–water partition coefficient (Wildman–Crippen LogP) is 2.82. The molecule has 0 aliphatic carbocycles. The van der Waals surface area contributed by atoms with Gasteiger partial charge in [-0.2, -0.15) is 0 Å². The number of benzene rings is 2. The number of esters is 1. The summed E-state index contributed by atoms with van der Waals surface area (Å²) in [4.78, 5) is 35.8. The SMILES string of the molecule is COc1cc(OC)c(C(=O)OCC(=O)c2ccc(CCCNC(C)=O)cc2)cc1OC. The highest BCUT2D eigenvalue weighted by molar-refractivity contribution is 6.00. The Morgan fingerprint density at radius 2 is 1.48 bits per heavy atom. The summed E-state index contributed by atoms with van der Waals surface area (Å²) in [5, 5.41) is 2.74. The summed E-state index contributed by atoms with van der Waals surface area (Å²) in [6.45, 7) is 1.68. The minimum Gasteiger partial charge on any atom is -0.496 e. The molecule has 0 saturated heterocycles. The number of ether oxygens (including phenoxy) is 4. The lowest BCUT2D eigenvalue weighted by Crippen LogP contribution is -2.21. The van der Waals surface area contributed by atoms with Crippen LogP contribution in [0.1, 0.15) is 39.6 Å². The van der Waals surface area contributed by atoms with E-state index in [1.807, 2.05) is 12.1 Å². The van der Waals surface area contributed by atoms with E-state index in [1.54, 1.807) is 12.1 Å². The molecule has 0 radical (unpaired) electrons. The number of methoxy groups -OCH3 is 3. The number of hydrogen-bond acceptors (Lipinski definition) is 7. The van der Waals surface area contributed by atoms with Crippen molar-refractivity contribution in [3.8, 4) is 17.2 Å². The zero-order valence-corrected chi connectivity index (χ0v) is 18.2. The Kier molecular flexibility index (Phi) is 8.87. The molecule has 0 fully saturated rings. The summed E-state index contributed by atoms with van der Waals surface area (Å²) in [6.07, 6.45) is 1.58. The lowest BCUT2D eigenvalue weighted by atomic mass is 10.1. The first-order valence-electron chi connectivity index (χ1n) is 9.73. The number of Topliss-reactive ketones (excluding diaryl/α,β-unsaturated/α-hetero) is 1. The Labute approximate surface area is 181 Å². The van der Waals surface area contributed by atoms with E-state index in [9.17, 15) is 14.4 Å². The van der Waals surface area contributed by atoms with Crippen LogP contribution in [0, 0.1) is 0 Å². The molecular formula is C23H27NO7. The summed E-state index contributed by atoms with van der Waals surface area (Å²) < 4.78 is 20.8. The Bertz CT molecular complexity index is 922. The maximum atomic E-state index is 12.5. The van der Waals surface area contributed by atoms with Crippen molar-refractivity contribution in [2.75, 3.05) is 34.5 Å². The van der Waals surface area contributed by atoms with Gasteiger partial charge in [-0.3, -0.25) is 9.59 Å². The van der Waals surface area contributed by atoms with E-state index in [1.165, 1.54) is 40.4 Å². The molecule has 2 aromatic rings. The van der Waals surface area contributed by atoms with Crippen molar-refractivity contribution in [1.29, 1.82) is 0 Å². The fourth-order valence-electron chi connectivity index (χ4n) is 2.90. The molecule has 0 unspecified atom stereocenters. The third kappa shape index (κ3) is 6.74. The Morgan fingerprint density at radius 1 is 0.871 bits per heavy atom. The van der Waals surface area contributed by atoms with Gasteiger partial charge >= 0.3 is 5.97 Å². The fraction of sp³-hybridized carbons (Fsp3) is 0.348. The number of amides is 1. The zero-order valence-electron chi connectivity index (χ0n) is 18.2. The molecule has 31 heavy (non-hydrogen) atoms. The molecule has 0 heterocycles. The number of carbonyl (C=O) groups is 3. The minimum atomic E-state index is -0.708. The first kappa shape index (κ1) is 23.7. The van der Waals surface area contributed by atoms with E-state index >= 15 is 0 Å². The first-order valence-corrected chi connectivity index (χ1v) is 9.73. The Morgan fingerprint density at radius 3 is 2.06 bits per heavy atom. The van der Waals surface area contributed by atoms with Crippen LogP contribution in [0.2, 0.25) is 0 Å². The molecule has 1 N–H and O–H groups in total. The highest BCUT2D eigenvalue weighted by atomic mass is 16.5. The van der Waals surface area contributed by atoms with Crippen molar-refractivity contribution >= 4 is 17.7 Å². The van der Waals surface area contributed by atoms with Crippen LogP contribution in [-0.4, -0.2) is 52.1 Å². The molecule has 0 aliphatic heterocycles. The van der Waals surface area contributed by atoms with E-state index in [0.717, 1.165) is 18.4 Å². The van der Waals surface area contributed by atoms with Gasteiger partial charge in [0.1, 0.15) is 11.3 Å². The van der Waals surface area contributed by atoms with Gasteiger partial charge in [0, 0.05) is 31.2 Å². The van der Waals surface area contributed by atoms with Crippen molar-refractivity contribution in [3.05, 3.63) is 53.1 Å². The lowest BCUT2D eigenvalue weighted by Gasteiger charge is -2.13. The van der Waals surface area contributed by atoms with Crippen LogP contribution >= 0.6 is 0 Å². The Hall–Kier alpha value is -3.55. The number of ketones is 1. The molecule has 8 heteroatoms. The van der Waals surface area contributed by atoms with Crippen molar-refractivity contribution in [3.63, 3.8) is 0 Å². The topological polar surface area (TPSA) is 100 Å². The highest BCUT2D eigenvalue weighted by Gasteiger charge is 2.20. The molecule has 2 aromatic carbocycles. The van der Waals surface area contributed by atoms with Crippen molar-refractivity contribution in [2.45, 2.75) is 19.8 Å². The van der Waals surface area contributed by atoms with Crippen molar-refractivity contribution in [2.24, 2.45) is 0 Å². The standard InChI is InChI=1S/C23H27NO7/c1-15(25)24-11-5-6-16-7-9-17(10-8-16)19(26)14-31-23(27)18-12-21(29-3)22(30-4)13-20(18)28-2/h7-10,12-13H,5-6,11,14H2,1-4H3,(H,24,25). The molecule has 0 spiro atoms. The molecular weight excluding hydrogens is 402 g/mol. The summed E-state index contributed by atoms with van der Waals surface area (Å²) in [5.41, 5.74) is 1.62. The summed E-state index contributed by atoms with van der Waals surface area (Å²) in [6, 6.07) is 10.0. The third-order valence-electron chi connectivity index (χ3n) is 4.55. The number of carbonyl (C=O) groups excluding carboxylic acids is 3. The van der Waals surface area contributed by atoms with Crippen LogP contribution in [0.15, 0.2) is 36.4 Å². The number of rotatable bonds is 11. The second-order valence-electron chi connectivity index (χ2n) is 6.69. The highest BCUT2D eigenvalue weighted by Crippen LogP contribution is 2.34. The van der Waals surface area contributed by atoms with Crippen LogP contribution in [0.5, 0.6) is 17.2 Å². The molecule has 1 amide bonds. The summed E-state index contributed by atoms with van der Waals surface area (Å²) >= 11 is 0. The average Bonchev–Trinajstić information content (AvgIpc) is 2.79. The smallest absolute Gasteiger partial charge is 0.342 e. The van der Waals surface area contributed by atoms with E-state index in [4.69, 9.17) is 18.9 Å². The van der Waals surface area contributed by atoms with Crippen LogP contribution in [0.3, 0.4) is 0 Å². The predicted molar refractivity (Wildman–Crippen MR) is 114 cm³/mol. The van der Waals surface area contributed by atoms with Gasteiger partial charge in [-0.1, -0.05) is 24.3 Å². The number of hydrogen-bond donors (Lipinski definition) is 1. The minimum absolute atomic E-state index is 0.0544. The molecule has 0 atom stereocenters. The van der Waals surface area contributed by atoms with Crippen LogP contribution < -0.4 is 19.5 Å². The van der Waals surface area contributed by atoms with E-state index < -0.39 is 12.6 Å². The van der Waals surface area contributed by atoms with Crippen molar-refractivity contribution < 1.29 is 33.3 Å². The first-order chi connectivity index (χ1) is 14.9. The van der Waals surface area contributed by atoms with E-state index in [0.29, 0.717) is 23.6 Å². The van der Waals surface area contributed by atoms with Gasteiger partial charge in [-0.15, -0.1) is 0 Å². The van der Waals surface area contributed by atoms with Gasteiger partial charge in [-0.05, 0) is 18.4 Å². The summed E-state index contributed by atoms with van der Waals surface area (Å²) in [7, 11) is 4.34. The van der Waals surface area contributed by atoms with Gasteiger partial charge in [-0.25, -0.2) is 4.79 Å². The normalized spacial score (nSPS) is 10.2. The van der Waals surface area contributed by atoms with E-state index in [2.05, 4.69) is 5.32 Å². The monoisotopic (exact) mass is 429 g/mol. The third-order valence-corrected chi connectivity index (χ3v) is 4.55. The van der Waals surface area contributed by atoms with Gasteiger partial charge < -0.3 is 24.3 Å². The van der Waals surface area contributed by atoms with E-state index in [-0.39, 0.29) is 23.0 Å². The maximum absolute atomic E-state index is 12.5. The molecule has 166 valence electrons. The van der Waals surface area contributed by atoms with Gasteiger partial charge in [0.05, 0.1) is 21.3 Å². The maximum Gasteiger partial charge on any atom is 0.342 e. The molecule has 0 saturated carbocycles. The average molecular weight is 429 g/mol. The number of nitrogens with one attached hydrogen (secondary N) is 1. The second-order valence-corrected chi connectivity index (χ2v) is 6.69. The van der Waals surface area contributed by atoms with Crippen LogP contribution in [0.25, 0.3) is 0 Å². The molecule has 0 bridgehead atoms. The molecule has 0 aliphatic rings. The van der Waals surface area contributed by atoms with Crippen LogP contribution in [0.4, 0.5) is 0 Å². The van der Waals surface area contributed by atoms with Crippen molar-refractivity contribution in [1.82, 2.24) is 5.32 Å². The van der Waals surface area contributed by atoms with Crippen LogP contribution in [-0.2, 0) is 16.0 Å². The largest absolute Gasteiger partial charge is 0.496 e. The molecule has 0 aromatic heterocycles. The lowest BCUT2D eigenvalue weighted by molar-refractivity contribution is -0.118. The Balaban J connectivity index is 1.96. The zero-order chi connectivity index (χ0) is 22.8. The molecule has 2 rings (SSSR count). The van der Waals surface area contributed by atoms with Gasteiger partial charge in [0.15, 0.2) is 23.9 Å². The number of aryl methyl sites for hydroxylation is 1. The summed E-state index contributed by atoms with van der Waals surface area (Å²) in [5.74, 6) is -0.0851.